The fraction of sp³-hybridized carbons (Fsp3) is 0.294. The summed E-state index contributed by atoms with van der Waals surface area (Å²) in [5.74, 6) is -1.55. The smallest absolute Gasteiger partial charge is 0.355 e. The van der Waals surface area contributed by atoms with E-state index in [1.54, 1.807) is 32.3 Å². The number of ketones is 1. The molecule has 0 aromatic carbocycles. The summed E-state index contributed by atoms with van der Waals surface area (Å²) in [7, 11) is 0. The summed E-state index contributed by atoms with van der Waals surface area (Å²) in [4.78, 5) is 42.7. The van der Waals surface area contributed by atoms with E-state index in [0.29, 0.717) is 21.8 Å². The number of nitrogens with one attached hydrogen (secondary N) is 1. The van der Waals surface area contributed by atoms with Crippen LogP contribution in [0.15, 0.2) is 17.7 Å². The summed E-state index contributed by atoms with van der Waals surface area (Å²) in [6.07, 6.45) is 4.36. The summed E-state index contributed by atoms with van der Waals surface area (Å²) in [5.41, 5.74) is 1.58. The van der Waals surface area contributed by atoms with E-state index in [9.17, 15) is 14.4 Å². The van der Waals surface area contributed by atoms with Crippen LogP contribution >= 0.6 is 11.3 Å². The fourth-order valence-corrected chi connectivity index (χ4v) is 2.82. The molecule has 0 spiro atoms. The van der Waals surface area contributed by atoms with Crippen molar-refractivity contribution in [2.45, 2.75) is 20.8 Å². The van der Waals surface area contributed by atoms with Gasteiger partial charge in [0, 0.05) is 28.9 Å². The van der Waals surface area contributed by atoms with Crippen molar-refractivity contribution in [3.8, 4) is 0 Å². The zero-order chi connectivity index (χ0) is 18.4. The van der Waals surface area contributed by atoms with Gasteiger partial charge < -0.3 is 14.5 Å². The average molecular weight is 362 g/mol. The SMILES string of the molecule is CCOC(=O)c1[nH]c(C)c(C(=O)COC(=O)C=Cc2nccs2)c1C. The Kier molecular flexibility index (Phi) is 6.24. The van der Waals surface area contributed by atoms with Crippen LogP contribution in [-0.2, 0) is 14.3 Å². The van der Waals surface area contributed by atoms with E-state index < -0.39 is 24.3 Å². The van der Waals surface area contributed by atoms with Crippen LogP contribution in [-0.4, -0.2) is 40.9 Å². The third kappa shape index (κ3) is 4.63. The molecule has 132 valence electrons. The average Bonchev–Trinajstić information content (AvgIpc) is 3.19. The van der Waals surface area contributed by atoms with Gasteiger partial charge in [0.15, 0.2) is 6.61 Å². The molecule has 25 heavy (non-hydrogen) atoms. The summed E-state index contributed by atoms with van der Waals surface area (Å²) < 4.78 is 9.90. The number of carbonyl (C=O) groups excluding carboxylic acids is 3. The van der Waals surface area contributed by atoms with Crippen molar-refractivity contribution in [3.63, 3.8) is 0 Å². The van der Waals surface area contributed by atoms with Crippen LogP contribution in [0.5, 0.6) is 0 Å². The number of ether oxygens (including phenoxy) is 2. The standard InChI is InChI=1S/C17H18N2O5S/c1-4-23-17(22)16-10(2)15(11(3)19-16)12(20)9-24-14(21)6-5-13-18-7-8-25-13/h5-8,19H,4,9H2,1-3H3. The predicted octanol–water partition coefficient (Wildman–Crippen LogP) is 2.70. The van der Waals surface area contributed by atoms with E-state index in [2.05, 4.69) is 9.97 Å². The second-order valence-corrected chi connectivity index (χ2v) is 6.01. The lowest BCUT2D eigenvalue weighted by atomic mass is 10.1. The first kappa shape index (κ1) is 18.6. The molecule has 0 saturated carbocycles. The molecular weight excluding hydrogens is 344 g/mol. The number of H-pyrrole nitrogens is 1. The summed E-state index contributed by atoms with van der Waals surface area (Å²) >= 11 is 1.38. The highest BCUT2D eigenvalue weighted by Gasteiger charge is 2.23. The van der Waals surface area contributed by atoms with Gasteiger partial charge in [-0.05, 0) is 32.4 Å². The minimum atomic E-state index is -0.639. The molecule has 0 bridgehead atoms. The fourth-order valence-electron chi connectivity index (χ4n) is 2.29. The quantitative estimate of drug-likeness (QED) is 0.462. The molecule has 2 heterocycles. The minimum absolute atomic E-state index is 0.234. The van der Waals surface area contributed by atoms with Gasteiger partial charge in [-0.3, -0.25) is 4.79 Å². The number of rotatable bonds is 7. The lowest BCUT2D eigenvalue weighted by Crippen LogP contribution is -2.14. The van der Waals surface area contributed by atoms with Crippen LogP contribution < -0.4 is 0 Å². The molecule has 0 aliphatic carbocycles. The van der Waals surface area contributed by atoms with Gasteiger partial charge in [-0.15, -0.1) is 11.3 Å². The third-order valence-electron chi connectivity index (χ3n) is 3.35. The highest BCUT2D eigenvalue weighted by atomic mass is 32.1. The maximum Gasteiger partial charge on any atom is 0.355 e. The molecule has 0 amide bonds. The minimum Gasteiger partial charge on any atom is -0.461 e. The normalized spacial score (nSPS) is 10.8. The zero-order valence-corrected chi connectivity index (χ0v) is 14.9. The Morgan fingerprint density at radius 1 is 1.28 bits per heavy atom. The van der Waals surface area contributed by atoms with Gasteiger partial charge >= 0.3 is 11.9 Å². The van der Waals surface area contributed by atoms with E-state index in [4.69, 9.17) is 9.47 Å². The Hall–Kier alpha value is -2.74. The number of esters is 2. The lowest BCUT2D eigenvalue weighted by molar-refractivity contribution is -0.136. The van der Waals surface area contributed by atoms with Gasteiger partial charge in [0.05, 0.1) is 6.61 Å². The van der Waals surface area contributed by atoms with E-state index in [1.165, 1.54) is 23.5 Å². The van der Waals surface area contributed by atoms with Gasteiger partial charge in [0.1, 0.15) is 10.7 Å². The number of carbonyl (C=O) groups is 3. The molecule has 2 aromatic rings. The topological polar surface area (TPSA) is 98.4 Å². The highest BCUT2D eigenvalue weighted by Crippen LogP contribution is 2.19. The first-order valence-corrected chi connectivity index (χ1v) is 8.45. The number of aryl methyl sites for hydroxylation is 1. The molecule has 0 radical (unpaired) electrons. The first-order valence-electron chi connectivity index (χ1n) is 7.57. The molecule has 7 nitrogen and oxygen atoms in total. The number of nitrogens with zero attached hydrogens (tertiary/aromatic N) is 1. The third-order valence-corrected chi connectivity index (χ3v) is 4.10. The van der Waals surface area contributed by atoms with E-state index in [0.717, 1.165) is 0 Å². The molecule has 2 aromatic heterocycles. The van der Waals surface area contributed by atoms with Crippen LogP contribution in [0.25, 0.3) is 6.08 Å². The summed E-state index contributed by atoms with van der Waals surface area (Å²) in [5, 5.41) is 2.45. The number of thiazole rings is 1. The molecule has 0 saturated heterocycles. The van der Waals surface area contributed by atoms with Crippen molar-refractivity contribution >= 4 is 35.1 Å². The summed E-state index contributed by atoms with van der Waals surface area (Å²) in [6, 6.07) is 0. The molecule has 0 aliphatic heterocycles. The molecule has 8 heteroatoms. The Balaban J connectivity index is 2.01. The van der Waals surface area contributed by atoms with Crippen molar-refractivity contribution in [2.24, 2.45) is 0 Å². The van der Waals surface area contributed by atoms with Crippen LogP contribution in [0.2, 0.25) is 0 Å². The van der Waals surface area contributed by atoms with Crippen LogP contribution in [0.3, 0.4) is 0 Å². The maximum absolute atomic E-state index is 12.3. The Labute approximate surface area is 148 Å². The van der Waals surface area contributed by atoms with Crippen molar-refractivity contribution in [1.29, 1.82) is 0 Å². The van der Waals surface area contributed by atoms with Gasteiger partial charge in [0.25, 0.3) is 0 Å². The molecule has 0 aliphatic rings. The Morgan fingerprint density at radius 2 is 2.04 bits per heavy atom. The number of hydrogen-bond acceptors (Lipinski definition) is 7. The number of aromatic amines is 1. The molecule has 0 atom stereocenters. The van der Waals surface area contributed by atoms with Gasteiger partial charge in [-0.25, -0.2) is 14.6 Å². The Morgan fingerprint density at radius 3 is 2.68 bits per heavy atom. The first-order chi connectivity index (χ1) is 11.9. The lowest BCUT2D eigenvalue weighted by Gasteiger charge is -2.03. The Bertz CT molecular complexity index is 805. The van der Waals surface area contributed by atoms with Crippen molar-refractivity contribution < 1.29 is 23.9 Å². The van der Waals surface area contributed by atoms with E-state index in [1.807, 2.05) is 0 Å². The monoisotopic (exact) mass is 362 g/mol. The second kappa shape index (κ2) is 8.39. The maximum atomic E-state index is 12.3. The van der Waals surface area contributed by atoms with Crippen LogP contribution in [0, 0.1) is 13.8 Å². The van der Waals surface area contributed by atoms with Crippen molar-refractivity contribution in [3.05, 3.63) is 45.2 Å². The highest BCUT2D eigenvalue weighted by molar-refractivity contribution is 7.10. The number of hydrogen-bond donors (Lipinski definition) is 1. The zero-order valence-electron chi connectivity index (χ0n) is 14.1. The van der Waals surface area contributed by atoms with E-state index in [-0.39, 0.29) is 12.3 Å². The molecule has 2 rings (SSSR count). The van der Waals surface area contributed by atoms with Crippen LogP contribution in [0.4, 0.5) is 0 Å². The number of aromatic nitrogens is 2. The van der Waals surface area contributed by atoms with Gasteiger partial charge in [-0.1, -0.05) is 0 Å². The molecule has 0 unspecified atom stereocenters. The summed E-state index contributed by atoms with van der Waals surface area (Å²) in [6.45, 7) is 4.85. The van der Waals surface area contributed by atoms with Gasteiger partial charge in [-0.2, -0.15) is 0 Å². The molecule has 1 N–H and O–H groups in total. The molecular formula is C17H18N2O5S. The van der Waals surface area contributed by atoms with Crippen LogP contribution in [0.1, 0.15) is 44.0 Å². The number of Topliss-reactive ketones (excluding diaryl/α,β-unsaturated/α-hetero) is 1. The van der Waals surface area contributed by atoms with Gasteiger partial charge in [0.2, 0.25) is 5.78 Å². The largest absolute Gasteiger partial charge is 0.461 e. The van der Waals surface area contributed by atoms with E-state index >= 15 is 0 Å². The predicted molar refractivity (Wildman–Crippen MR) is 92.7 cm³/mol. The van der Waals surface area contributed by atoms with Crippen molar-refractivity contribution in [2.75, 3.05) is 13.2 Å². The molecule has 0 fully saturated rings. The second-order valence-electron chi connectivity index (χ2n) is 5.08. The van der Waals surface area contributed by atoms with Crippen molar-refractivity contribution in [1.82, 2.24) is 9.97 Å².